The summed E-state index contributed by atoms with van der Waals surface area (Å²) in [6.45, 7) is 3.63. The first-order valence-corrected chi connectivity index (χ1v) is 6.50. The fourth-order valence-electron chi connectivity index (χ4n) is 1.70. The van der Waals surface area contributed by atoms with Gasteiger partial charge in [0, 0.05) is 5.02 Å². The molecule has 0 aliphatic rings. The molecule has 0 saturated heterocycles. The van der Waals surface area contributed by atoms with Gasteiger partial charge in [0.25, 0.3) is 5.91 Å². The highest BCUT2D eigenvalue weighted by molar-refractivity contribution is 6.31. The van der Waals surface area contributed by atoms with Gasteiger partial charge in [-0.3, -0.25) is 4.79 Å². The highest BCUT2D eigenvalue weighted by Crippen LogP contribution is 2.22. The van der Waals surface area contributed by atoms with Crippen LogP contribution in [0.4, 0.5) is 0 Å². The fraction of sp³-hybridized carbons (Fsp3) is 0.429. The topological polar surface area (TPSA) is 64.6 Å². The summed E-state index contributed by atoms with van der Waals surface area (Å²) in [7, 11) is 2.74. The standard InChI is InChI=1S/C14H18ClNO4/c1-8(2)12(14(18)20-4)16-13(17)10-7-9(15)5-6-11(10)19-3/h5-8,12H,1-4H3,(H,16,17). The number of esters is 1. The SMILES string of the molecule is COC(=O)C(NC(=O)c1cc(Cl)ccc1OC)C(C)C. The molecule has 0 fully saturated rings. The van der Waals surface area contributed by atoms with Crippen molar-refractivity contribution in [3.63, 3.8) is 0 Å². The molecule has 0 heterocycles. The van der Waals surface area contributed by atoms with E-state index in [1.165, 1.54) is 20.3 Å². The van der Waals surface area contributed by atoms with Gasteiger partial charge in [0.15, 0.2) is 0 Å². The van der Waals surface area contributed by atoms with Gasteiger partial charge >= 0.3 is 5.97 Å². The van der Waals surface area contributed by atoms with Crippen molar-refractivity contribution in [3.8, 4) is 5.75 Å². The third kappa shape index (κ3) is 3.87. The Bertz CT molecular complexity index is 502. The Kier molecular flexibility index (Phi) is 5.82. The lowest BCUT2D eigenvalue weighted by molar-refractivity contribution is -0.144. The Morgan fingerprint density at radius 1 is 1.25 bits per heavy atom. The van der Waals surface area contributed by atoms with Crippen LogP contribution in [-0.4, -0.2) is 32.1 Å². The van der Waals surface area contributed by atoms with Crippen LogP contribution in [0.3, 0.4) is 0 Å². The summed E-state index contributed by atoms with van der Waals surface area (Å²) in [5.41, 5.74) is 0.273. The van der Waals surface area contributed by atoms with E-state index in [0.29, 0.717) is 10.8 Å². The van der Waals surface area contributed by atoms with E-state index in [2.05, 4.69) is 10.1 Å². The molecular weight excluding hydrogens is 282 g/mol. The maximum atomic E-state index is 12.3. The Morgan fingerprint density at radius 3 is 2.40 bits per heavy atom. The van der Waals surface area contributed by atoms with Gasteiger partial charge in [0.2, 0.25) is 0 Å². The predicted molar refractivity (Wildman–Crippen MR) is 76.1 cm³/mol. The van der Waals surface area contributed by atoms with Crippen LogP contribution < -0.4 is 10.1 Å². The maximum Gasteiger partial charge on any atom is 0.328 e. The highest BCUT2D eigenvalue weighted by atomic mass is 35.5. The molecule has 20 heavy (non-hydrogen) atoms. The first-order valence-electron chi connectivity index (χ1n) is 6.13. The number of carbonyl (C=O) groups is 2. The number of ether oxygens (including phenoxy) is 2. The molecule has 1 unspecified atom stereocenters. The van der Waals surface area contributed by atoms with Crippen LogP contribution >= 0.6 is 11.6 Å². The number of methoxy groups -OCH3 is 2. The van der Waals surface area contributed by atoms with Gasteiger partial charge in [0.05, 0.1) is 19.8 Å². The van der Waals surface area contributed by atoms with E-state index in [0.717, 1.165) is 0 Å². The molecule has 0 aliphatic carbocycles. The van der Waals surface area contributed by atoms with E-state index >= 15 is 0 Å². The Labute approximate surface area is 123 Å². The molecule has 1 atom stereocenters. The number of carbonyl (C=O) groups excluding carboxylic acids is 2. The second-order valence-electron chi connectivity index (χ2n) is 4.56. The quantitative estimate of drug-likeness (QED) is 0.847. The molecule has 6 heteroatoms. The minimum absolute atomic E-state index is 0.100. The molecule has 1 amide bonds. The zero-order valence-corrected chi connectivity index (χ0v) is 12.7. The zero-order valence-electron chi connectivity index (χ0n) is 11.9. The predicted octanol–water partition coefficient (Wildman–Crippen LogP) is 2.28. The molecule has 0 radical (unpaired) electrons. The van der Waals surface area contributed by atoms with Gasteiger partial charge in [-0.25, -0.2) is 4.79 Å². The normalized spacial score (nSPS) is 11.9. The van der Waals surface area contributed by atoms with Crippen molar-refractivity contribution < 1.29 is 19.1 Å². The molecule has 1 aromatic rings. The van der Waals surface area contributed by atoms with Crippen molar-refractivity contribution in [2.24, 2.45) is 5.92 Å². The number of hydrogen-bond acceptors (Lipinski definition) is 4. The second-order valence-corrected chi connectivity index (χ2v) is 5.00. The number of halogens is 1. The van der Waals surface area contributed by atoms with E-state index in [-0.39, 0.29) is 11.5 Å². The van der Waals surface area contributed by atoms with E-state index in [1.54, 1.807) is 12.1 Å². The number of rotatable bonds is 5. The van der Waals surface area contributed by atoms with Crippen LogP contribution in [0, 0.1) is 5.92 Å². The largest absolute Gasteiger partial charge is 0.496 e. The molecule has 1 aromatic carbocycles. The minimum Gasteiger partial charge on any atom is -0.496 e. The Hall–Kier alpha value is -1.75. The van der Waals surface area contributed by atoms with Crippen molar-refractivity contribution >= 4 is 23.5 Å². The highest BCUT2D eigenvalue weighted by Gasteiger charge is 2.26. The lowest BCUT2D eigenvalue weighted by atomic mass is 10.0. The first kappa shape index (κ1) is 16.3. The van der Waals surface area contributed by atoms with Crippen molar-refractivity contribution in [1.82, 2.24) is 5.32 Å². The molecular formula is C14H18ClNO4. The number of nitrogens with one attached hydrogen (secondary N) is 1. The van der Waals surface area contributed by atoms with Crippen molar-refractivity contribution in [1.29, 1.82) is 0 Å². The molecule has 0 saturated carbocycles. The van der Waals surface area contributed by atoms with E-state index in [9.17, 15) is 9.59 Å². The van der Waals surface area contributed by atoms with Gasteiger partial charge in [-0.15, -0.1) is 0 Å². The average molecular weight is 300 g/mol. The molecule has 0 bridgehead atoms. The third-order valence-electron chi connectivity index (χ3n) is 2.81. The van der Waals surface area contributed by atoms with Gasteiger partial charge in [-0.2, -0.15) is 0 Å². The van der Waals surface area contributed by atoms with Crippen molar-refractivity contribution in [3.05, 3.63) is 28.8 Å². The lowest BCUT2D eigenvalue weighted by Crippen LogP contribution is -2.45. The maximum absolute atomic E-state index is 12.3. The molecule has 1 N–H and O–H groups in total. The van der Waals surface area contributed by atoms with Crippen LogP contribution in [0.1, 0.15) is 24.2 Å². The lowest BCUT2D eigenvalue weighted by Gasteiger charge is -2.20. The van der Waals surface area contributed by atoms with Crippen molar-refractivity contribution in [2.45, 2.75) is 19.9 Å². The smallest absolute Gasteiger partial charge is 0.328 e. The number of benzene rings is 1. The van der Waals surface area contributed by atoms with Crippen LogP contribution in [0.15, 0.2) is 18.2 Å². The summed E-state index contributed by atoms with van der Waals surface area (Å²) < 4.78 is 9.79. The van der Waals surface area contributed by atoms with Crippen LogP contribution in [0.25, 0.3) is 0 Å². The third-order valence-corrected chi connectivity index (χ3v) is 3.05. The monoisotopic (exact) mass is 299 g/mol. The van der Waals surface area contributed by atoms with Crippen LogP contribution in [-0.2, 0) is 9.53 Å². The Balaban J connectivity index is 3.00. The molecule has 5 nitrogen and oxygen atoms in total. The van der Waals surface area contributed by atoms with Gasteiger partial charge < -0.3 is 14.8 Å². The van der Waals surface area contributed by atoms with Gasteiger partial charge in [-0.1, -0.05) is 25.4 Å². The Morgan fingerprint density at radius 2 is 1.90 bits per heavy atom. The summed E-state index contributed by atoms with van der Waals surface area (Å²) in [5.74, 6) is -0.640. The van der Waals surface area contributed by atoms with Crippen LogP contribution in [0.2, 0.25) is 5.02 Å². The summed E-state index contributed by atoms with van der Waals surface area (Å²) in [6, 6.07) is 3.98. The van der Waals surface area contributed by atoms with Gasteiger partial charge in [-0.05, 0) is 24.1 Å². The van der Waals surface area contributed by atoms with E-state index in [1.807, 2.05) is 13.8 Å². The second kappa shape index (κ2) is 7.14. The fourth-order valence-corrected chi connectivity index (χ4v) is 1.87. The number of amides is 1. The molecule has 110 valence electrons. The molecule has 0 aliphatic heterocycles. The van der Waals surface area contributed by atoms with Crippen LogP contribution in [0.5, 0.6) is 5.75 Å². The summed E-state index contributed by atoms with van der Waals surface area (Å²) in [4.78, 5) is 23.9. The van der Waals surface area contributed by atoms with E-state index in [4.69, 9.17) is 16.3 Å². The summed E-state index contributed by atoms with van der Waals surface area (Å²) in [5, 5.41) is 3.05. The summed E-state index contributed by atoms with van der Waals surface area (Å²) in [6.07, 6.45) is 0. The van der Waals surface area contributed by atoms with Gasteiger partial charge in [0.1, 0.15) is 11.8 Å². The average Bonchev–Trinajstić information content (AvgIpc) is 2.43. The molecule has 0 spiro atoms. The zero-order chi connectivity index (χ0) is 15.3. The number of hydrogen-bond donors (Lipinski definition) is 1. The minimum atomic E-state index is -0.726. The van der Waals surface area contributed by atoms with E-state index < -0.39 is 17.9 Å². The molecule has 1 rings (SSSR count). The summed E-state index contributed by atoms with van der Waals surface area (Å²) >= 11 is 5.88. The first-order chi connectivity index (χ1) is 9.40. The van der Waals surface area contributed by atoms with Crippen molar-refractivity contribution in [2.75, 3.05) is 14.2 Å². The molecule has 0 aromatic heterocycles.